The van der Waals surface area contributed by atoms with Gasteiger partial charge in [-0.3, -0.25) is 8.99 Å². The first-order chi connectivity index (χ1) is 16.3. The molecule has 2 atom stereocenters. The zero-order valence-corrected chi connectivity index (χ0v) is 23.1. The molecule has 1 unspecified atom stereocenters. The minimum absolute atomic E-state index is 0.134. The topological polar surface area (TPSA) is 75.5 Å². The third kappa shape index (κ3) is 4.69. The molecule has 0 radical (unpaired) electrons. The van der Waals surface area contributed by atoms with Crippen molar-refractivity contribution in [2.24, 2.45) is 7.05 Å². The van der Waals surface area contributed by atoms with E-state index in [4.69, 9.17) is 0 Å². The number of anilines is 1. The summed E-state index contributed by atoms with van der Waals surface area (Å²) in [6, 6.07) is 11.1. The number of nitrogens with zero attached hydrogens (tertiary/aromatic N) is 4. The van der Waals surface area contributed by atoms with Crippen LogP contribution in [0.5, 0.6) is 0 Å². The standard InChI is InChI=1S/C26H34N4O3S2/c1-18-9-8-10-22-23(29(7)34(31)26(3,4)5)13-14-30(25(18)22)35(32,33)24-12-11-20(15-19(24)2)21-16-27-28(6)17-21/h8-12,15-17,23H,13-14H2,1-7H3/t23-,34?/m1/s1. The van der Waals surface area contributed by atoms with Gasteiger partial charge in [-0.05, 0) is 75.4 Å². The fourth-order valence-electron chi connectivity index (χ4n) is 4.77. The number of hydrogen-bond acceptors (Lipinski definition) is 4. The third-order valence-corrected chi connectivity index (χ3v) is 10.3. The van der Waals surface area contributed by atoms with Crippen molar-refractivity contribution in [1.29, 1.82) is 0 Å². The molecule has 1 aliphatic rings. The van der Waals surface area contributed by atoms with Gasteiger partial charge in [0.2, 0.25) is 0 Å². The Kier molecular flexibility index (Phi) is 6.72. The average molecular weight is 515 g/mol. The Labute approximate surface area is 211 Å². The summed E-state index contributed by atoms with van der Waals surface area (Å²) >= 11 is 0. The van der Waals surface area contributed by atoms with Crippen LogP contribution in [0.4, 0.5) is 5.69 Å². The van der Waals surface area contributed by atoms with E-state index in [9.17, 15) is 12.6 Å². The number of benzene rings is 2. The summed E-state index contributed by atoms with van der Waals surface area (Å²) in [5.74, 6) is 0. The van der Waals surface area contributed by atoms with Crippen molar-refractivity contribution < 1.29 is 12.6 Å². The van der Waals surface area contributed by atoms with E-state index in [1.54, 1.807) is 16.9 Å². The molecule has 0 aliphatic carbocycles. The van der Waals surface area contributed by atoms with Gasteiger partial charge in [-0.25, -0.2) is 16.9 Å². The van der Waals surface area contributed by atoms with Gasteiger partial charge >= 0.3 is 0 Å². The zero-order chi connectivity index (χ0) is 25.7. The van der Waals surface area contributed by atoms with Crippen LogP contribution in [0, 0.1) is 13.8 Å². The van der Waals surface area contributed by atoms with E-state index in [1.165, 1.54) is 4.31 Å². The average Bonchev–Trinajstić information content (AvgIpc) is 3.23. The van der Waals surface area contributed by atoms with Crippen molar-refractivity contribution in [3.05, 3.63) is 65.5 Å². The molecule has 0 saturated heterocycles. The van der Waals surface area contributed by atoms with Crippen LogP contribution < -0.4 is 4.31 Å². The van der Waals surface area contributed by atoms with Crippen LogP contribution in [0.2, 0.25) is 0 Å². The molecule has 0 amide bonds. The monoisotopic (exact) mass is 514 g/mol. The molecule has 2 aromatic carbocycles. The summed E-state index contributed by atoms with van der Waals surface area (Å²) in [6.45, 7) is 9.94. The lowest BCUT2D eigenvalue weighted by Gasteiger charge is -2.40. The second-order valence-corrected chi connectivity index (χ2v) is 14.3. The maximum Gasteiger partial charge on any atom is 0.264 e. The van der Waals surface area contributed by atoms with E-state index < -0.39 is 25.8 Å². The highest BCUT2D eigenvalue weighted by Gasteiger charge is 2.39. The molecule has 1 aromatic heterocycles. The highest BCUT2D eigenvalue weighted by molar-refractivity contribution is 7.93. The Morgan fingerprint density at radius 2 is 1.80 bits per heavy atom. The van der Waals surface area contributed by atoms with Gasteiger partial charge in [0.05, 0.1) is 27.6 Å². The summed E-state index contributed by atoms with van der Waals surface area (Å²) in [5.41, 5.74) is 5.03. The van der Waals surface area contributed by atoms with Gasteiger partial charge in [-0.1, -0.05) is 24.3 Å². The Balaban J connectivity index is 1.75. The Hall–Kier alpha value is -2.49. The molecule has 0 N–H and O–H groups in total. The summed E-state index contributed by atoms with van der Waals surface area (Å²) in [4.78, 5) is 0.296. The first-order valence-corrected chi connectivity index (χ1v) is 14.2. The predicted molar refractivity (Wildman–Crippen MR) is 142 cm³/mol. The number of aryl methyl sites for hydroxylation is 3. The molecule has 3 aromatic rings. The molecule has 0 spiro atoms. The molecule has 0 saturated carbocycles. The number of fused-ring (bicyclic) bond motifs is 1. The van der Waals surface area contributed by atoms with Crippen LogP contribution in [0.3, 0.4) is 0 Å². The SMILES string of the molecule is Cc1cc(-c2cnn(C)c2)ccc1S(=O)(=O)N1CC[C@@H](N(C)S(=O)C(C)(C)C)c2cccc(C)c21. The van der Waals surface area contributed by atoms with Crippen LogP contribution in [-0.2, 0) is 28.1 Å². The molecule has 2 heterocycles. The molecule has 4 rings (SSSR count). The third-order valence-electron chi connectivity index (χ3n) is 6.49. The van der Waals surface area contributed by atoms with Gasteiger partial charge in [0.15, 0.2) is 0 Å². The van der Waals surface area contributed by atoms with Crippen LogP contribution in [0.1, 0.15) is 49.9 Å². The van der Waals surface area contributed by atoms with Crippen molar-refractivity contribution in [1.82, 2.24) is 14.1 Å². The predicted octanol–water partition coefficient (Wildman–Crippen LogP) is 4.74. The lowest BCUT2D eigenvalue weighted by atomic mass is 9.95. The van der Waals surface area contributed by atoms with E-state index in [0.717, 1.165) is 22.3 Å². The number of hydrogen-bond donors (Lipinski definition) is 0. The molecule has 1 aliphatic heterocycles. The zero-order valence-electron chi connectivity index (χ0n) is 21.4. The van der Waals surface area contributed by atoms with Crippen molar-refractivity contribution in [3.8, 4) is 11.1 Å². The van der Waals surface area contributed by atoms with Crippen LogP contribution in [0.15, 0.2) is 53.7 Å². The molecule has 188 valence electrons. The van der Waals surface area contributed by atoms with Gasteiger partial charge in [0.1, 0.15) is 11.0 Å². The van der Waals surface area contributed by atoms with Crippen molar-refractivity contribution in [2.75, 3.05) is 17.9 Å². The highest BCUT2D eigenvalue weighted by atomic mass is 32.2. The van der Waals surface area contributed by atoms with Gasteiger partial charge in [-0.15, -0.1) is 0 Å². The number of sulfonamides is 1. The van der Waals surface area contributed by atoms with Crippen LogP contribution in [-0.4, -0.2) is 45.1 Å². The minimum atomic E-state index is -3.80. The Morgan fingerprint density at radius 1 is 1.09 bits per heavy atom. The maximum absolute atomic E-state index is 14.0. The fourth-order valence-corrected chi connectivity index (χ4v) is 7.86. The van der Waals surface area contributed by atoms with Crippen molar-refractivity contribution in [3.63, 3.8) is 0 Å². The van der Waals surface area contributed by atoms with Gasteiger partial charge < -0.3 is 0 Å². The Morgan fingerprint density at radius 3 is 2.40 bits per heavy atom. The van der Waals surface area contributed by atoms with Crippen LogP contribution >= 0.6 is 0 Å². The van der Waals surface area contributed by atoms with E-state index in [-0.39, 0.29) is 6.04 Å². The van der Waals surface area contributed by atoms with Crippen molar-refractivity contribution in [2.45, 2.75) is 56.7 Å². The summed E-state index contributed by atoms with van der Waals surface area (Å²) in [7, 11) is -1.31. The summed E-state index contributed by atoms with van der Waals surface area (Å²) in [6.07, 6.45) is 4.23. The quantitative estimate of drug-likeness (QED) is 0.493. The molecular formula is C26H34N4O3S2. The minimum Gasteiger partial charge on any atom is -0.275 e. The van der Waals surface area contributed by atoms with Crippen molar-refractivity contribution >= 4 is 26.7 Å². The van der Waals surface area contributed by atoms with Gasteiger partial charge in [0, 0.05) is 32.4 Å². The normalized spacial score (nSPS) is 17.5. The van der Waals surface area contributed by atoms with E-state index in [2.05, 4.69) is 5.10 Å². The maximum atomic E-state index is 14.0. The molecule has 0 bridgehead atoms. The summed E-state index contributed by atoms with van der Waals surface area (Å²) < 4.78 is 45.9. The van der Waals surface area contributed by atoms with E-state index in [0.29, 0.717) is 29.1 Å². The van der Waals surface area contributed by atoms with Gasteiger partial charge in [0.25, 0.3) is 10.0 Å². The Bertz CT molecular complexity index is 1390. The lowest BCUT2D eigenvalue weighted by molar-refractivity contribution is 0.366. The number of para-hydroxylation sites is 1. The smallest absolute Gasteiger partial charge is 0.264 e. The second-order valence-electron chi connectivity index (χ2n) is 10.2. The number of aromatic nitrogens is 2. The van der Waals surface area contributed by atoms with Gasteiger partial charge in [-0.2, -0.15) is 5.10 Å². The second kappa shape index (κ2) is 9.19. The largest absolute Gasteiger partial charge is 0.275 e. The first-order valence-electron chi connectivity index (χ1n) is 11.7. The molecule has 35 heavy (non-hydrogen) atoms. The molecule has 7 nitrogen and oxygen atoms in total. The van der Waals surface area contributed by atoms with Crippen LogP contribution in [0.25, 0.3) is 11.1 Å². The fraction of sp³-hybridized carbons (Fsp3) is 0.423. The molecule has 0 fully saturated rings. The number of rotatable bonds is 5. The summed E-state index contributed by atoms with van der Waals surface area (Å²) in [5, 5.41) is 4.22. The highest BCUT2D eigenvalue weighted by Crippen LogP contribution is 2.43. The van der Waals surface area contributed by atoms with E-state index >= 15 is 0 Å². The molecular weight excluding hydrogens is 480 g/mol. The van der Waals surface area contributed by atoms with E-state index in [1.807, 2.05) is 89.5 Å². The first kappa shape index (κ1) is 25.6. The lowest BCUT2D eigenvalue weighted by Crippen LogP contribution is -2.43. The molecule has 9 heteroatoms.